The lowest BCUT2D eigenvalue weighted by Crippen LogP contribution is -2.25. The first-order valence-corrected chi connectivity index (χ1v) is 7.91. The van der Waals surface area contributed by atoms with Crippen molar-refractivity contribution in [3.8, 4) is 0 Å². The number of carbonyl (C=O) groups is 1. The first-order valence-electron chi connectivity index (χ1n) is 7.03. The van der Waals surface area contributed by atoms with Crippen molar-refractivity contribution in [3.05, 3.63) is 57.8 Å². The molecule has 0 N–H and O–H groups in total. The number of ketones is 1. The zero-order valence-electron chi connectivity index (χ0n) is 12.1. The average Bonchev–Trinajstić information content (AvgIpc) is 2.96. The van der Waals surface area contributed by atoms with Crippen LogP contribution in [0.5, 0.6) is 0 Å². The molecule has 0 saturated carbocycles. The van der Waals surface area contributed by atoms with Crippen molar-refractivity contribution in [3.63, 3.8) is 0 Å². The minimum Gasteiger partial charge on any atom is -0.298 e. The molecule has 0 unspecified atom stereocenters. The molecule has 0 saturated heterocycles. The predicted molar refractivity (Wildman–Crippen MR) is 85.4 cm³/mol. The molecule has 0 aliphatic heterocycles. The lowest BCUT2D eigenvalue weighted by molar-refractivity contribution is 0.0964. The van der Waals surface area contributed by atoms with E-state index >= 15 is 0 Å². The number of nitrogens with zero attached hydrogens (tertiary/aromatic N) is 1. The van der Waals surface area contributed by atoms with Crippen molar-refractivity contribution in [2.45, 2.75) is 26.8 Å². The van der Waals surface area contributed by atoms with Crippen molar-refractivity contribution in [2.75, 3.05) is 13.1 Å². The van der Waals surface area contributed by atoms with Gasteiger partial charge in [-0.05, 0) is 24.9 Å². The van der Waals surface area contributed by atoms with Crippen molar-refractivity contribution < 1.29 is 4.79 Å². The van der Waals surface area contributed by atoms with E-state index in [1.807, 2.05) is 31.2 Å². The van der Waals surface area contributed by atoms with Gasteiger partial charge in [-0.15, -0.1) is 11.3 Å². The maximum Gasteiger partial charge on any atom is 0.164 e. The van der Waals surface area contributed by atoms with Crippen LogP contribution in [0.2, 0.25) is 0 Å². The summed E-state index contributed by atoms with van der Waals surface area (Å²) in [6.45, 7) is 6.91. The molecule has 1 aromatic carbocycles. The van der Waals surface area contributed by atoms with E-state index in [4.69, 9.17) is 0 Å². The summed E-state index contributed by atoms with van der Waals surface area (Å²) in [5.74, 6) is 0.231. The summed E-state index contributed by atoms with van der Waals surface area (Å²) in [5, 5.41) is 2.10. The number of carbonyl (C=O) groups excluding carboxylic acids is 1. The van der Waals surface area contributed by atoms with Crippen LogP contribution < -0.4 is 0 Å². The zero-order valence-corrected chi connectivity index (χ0v) is 13.0. The summed E-state index contributed by atoms with van der Waals surface area (Å²) < 4.78 is 0. The smallest absolute Gasteiger partial charge is 0.164 e. The van der Waals surface area contributed by atoms with Crippen LogP contribution in [0.15, 0.2) is 41.8 Å². The van der Waals surface area contributed by atoms with Gasteiger partial charge in [0.25, 0.3) is 0 Å². The summed E-state index contributed by atoms with van der Waals surface area (Å²) in [7, 11) is 0. The molecule has 0 aliphatic rings. The van der Waals surface area contributed by atoms with Crippen LogP contribution in [0, 0.1) is 6.92 Å². The summed E-state index contributed by atoms with van der Waals surface area (Å²) in [6, 6.07) is 12.1. The van der Waals surface area contributed by atoms with Crippen LogP contribution in [0.1, 0.15) is 34.1 Å². The predicted octanol–water partition coefficient (Wildman–Crippen LogP) is 4.15. The molecule has 0 atom stereocenters. The summed E-state index contributed by atoms with van der Waals surface area (Å²) >= 11 is 1.77. The van der Waals surface area contributed by atoms with Crippen LogP contribution in [0.25, 0.3) is 0 Å². The van der Waals surface area contributed by atoms with E-state index in [1.165, 1.54) is 10.4 Å². The van der Waals surface area contributed by atoms with Gasteiger partial charge in [0.05, 0.1) is 0 Å². The zero-order chi connectivity index (χ0) is 14.4. The van der Waals surface area contributed by atoms with Gasteiger partial charge < -0.3 is 0 Å². The Bertz CT molecular complexity index is 531. The van der Waals surface area contributed by atoms with Gasteiger partial charge >= 0.3 is 0 Å². The minimum atomic E-state index is 0.231. The number of Topliss-reactive ketones (excluding diaryl/α,β-unsaturated/α-hetero) is 1. The van der Waals surface area contributed by atoms with Crippen molar-refractivity contribution in [2.24, 2.45) is 0 Å². The summed E-state index contributed by atoms with van der Waals surface area (Å²) in [4.78, 5) is 15.8. The van der Waals surface area contributed by atoms with Gasteiger partial charge in [0.15, 0.2) is 5.78 Å². The number of hydrogen-bond donors (Lipinski definition) is 0. The average molecular weight is 287 g/mol. The van der Waals surface area contributed by atoms with Crippen LogP contribution in [0.4, 0.5) is 0 Å². The monoisotopic (exact) mass is 287 g/mol. The molecular formula is C17H21NOS. The molecule has 2 nitrogen and oxygen atoms in total. The van der Waals surface area contributed by atoms with Crippen molar-refractivity contribution in [1.29, 1.82) is 0 Å². The molecule has 2 aromatic rings. The number of aryl methyl sites for hydroxylation is 1. The van der Waals surface area contributed by atoms with Gasteiger partial charge in [-0.25, -0.2) is 0 Å². The highest BCUT2D eigenvalue weighted by Crippen LogP contribution is 2.13. The van der Waals surface area contributed by atoms with Gasteiger partial charge in [-0.3, -0.25) is 9.69 Å². The molecular weight excluding hydrogens is 266 g/mol. The fourth-order valence-corrected chi connectivity index (χ4v) is 2.86. The second-order valence-corrected chi connectivity index (χ2v) is 6.02. The van der Waals surface area contributed by atoms with Gasteiger partial charge in [0.1, 0.15) is 0 Å². The molecule has 0 bridgehead atoms. The molecule has 3 heteroatoms. The quantitative estimate of drug-likeness (QED) is 0.713. The fraction of sp³-hybridized carbons (Fsp3) is 0.353. The molecule has 106 valence electrons. The molecule has 1 heterocycles. The van der Waals surface area contributed by atoms with E-state index in [0.29, 0.717) is 6.42 Å². The lowest BCUT2D eigenvalue weighted by atomic mass is 10.1. The Labute approximate surface area is 125 Å². The molecule has 0 radical (unpaired) electrons. The first-order chi connectivity index (χ1) is 9.69. The van der Waals surface area contributed by atoms with Gasteiger partial charge in [0.2, 0.25) is 0 Å². The third-order valence-corrected chi connectivity index (χ3v) is 4.30. The molecule has 2 rings (SSSR count). The van der Waals surface area contributed by atoms with Crippen molar-refractivity contribution in [1.82, 2.24) is 4.90 Å². The highest BCUT2D eigenvalue weighted by atomic mass is 32.1. The van der Waals surface area contributed by atoms with E-state index in [1.54, 1.807) is 11.3 Å². The Morgan fingerprint density at radius 3 is 2.55 bits per heavy atom. The second kappa shape index (κ2) is 7.36. The fourth-order valence-electron chi connectivity index (χ4n) is 2.12. The second-order valence-electron chi connectivity index (χ2n) is 4.99. The molecule has 0 spiro atoms. The third-order valence-electron chi connectivity index (χ3n) is 3.44. The Balaban J connectivity index is 1.86. The third kappa shape index (κ3) is 4.29. The number of hydrogen-bond acceptors (Lipinski definition) is 3. The van der Waals surface area contributed by atoms with E-state index in [9.17, 15) is 4.79 Å². The van der Waals surface area contributed by atoms with Crippen LogP contribution >= 0.6 is 11.3 Å². The highest BCUT2D eigenvalue weighted by molar-refractivity contribution is 7.09. The Morgan fingerprint density at radius 2 is 1.95 bits per heavy atom. The molecule has 0 fully saturated rings. The molecule has 0 aliphatic carbocycles. The maximum atomic E-state index is 12.2. The largest absolute Gasteiger partial charge is 0.298 e. The summed E-state index contributed by atoms with van der Waals surface area (Å²) in [6.07, 6.45) is 0.586. The Kier molecular flexibility index (Phi) is 5.50. The molecule has 0 amide bonds. The van der Waals surface area contributed by atoms with Crippen LogP contribution in [0.3, 0.4) is 0 Å². The van der Waals surface area contributed by atoms with E-state index in [0.717, 1.165) is 25.2 Å². The summed E-state index contributed by atoms with van der Waals surface area (Å²) in [5.41, 5.74) is 2.01. The molecule has 20 heavy (non-hydrogen) atoms. The normalized spacial score (nSPS) is 10.9. The highest BCUT2D eigenvalue weighted by Gasteiger charge is 2.09. The van der Waals surface area contributed by atoms with E-state index in [2.05, 4.69) is 29.3 Å². The van der Waals surface area contributed by atoms with E-state index < -0.39 is 0 Å². The lowest BCUT2D eigenvalue weighted by Gasteiger charge is -2.19. The minimum absolute atomic E-state index is 0.231. The standard InChI is InChI=1S/C17H21NOS/c1-3-18(13-16-5-4-12-20-16)11-10-17(19)15-8-6-14(2)7-9-15/h4-9,12H,3,10-11,13H2,1-2H3. The van der Waals surface area contributed by atoms with Crippen LogP contribution in [-0.4, -0.2) is 23.8 Å². The first kappa shape index (κ1) is 14.9. The van der Waals surface area contributed by atoms with Crippen molar-refractivity contribution >= 4 is 17.1 Å². The topological polar surface area (TPSA) is 20.3 Å². The van der Waals surface area contributed by atoms with Gasteiger partial charge in [-0.1, -0.05) is 42.8 Å². The SMILES string of the molecule is CCN(CCC(=O)c1ccc(C)cc1)Cc1cccs1. The number of rotatable bonds is 7. The van der Waals surface area contributed by atoms with E-state index in [-0.39, 0.29) is 5.78 Å². The molecule has 1 aromatic heterocycles. The van der Waals surface area contributed by atoms with Gasteiger partial charge in [0, 0.05) is 30.0 Å². The number of thiophene rings is 1. The Hall–Kier alpha value is -1.45. The van der Waals surface area contributed by atoms with Crippen LogP contribution in [-0.2, 0) is 6.54 Å². The Morgan fingerprint density at radius 1 is 1.20 bits per heavy atom. The maximum absolute atomic E-state index is 12.2. The number of benzene rings is 1. The van der Waals surface area contributed by atoms with Gasteiger partial charge in [-0.2, -0.15) is 0 Å².